The average Bonchev–Trinajstić information content (AvgIpc) is 2.62. The van der Waals surface area contributed by atoms with E-state index in [0.29, 0.717) is 37.8 Å². The van der Waals surface area contributed by atoms with Crippen LogP contribution in [0.15, 0.2) is 39.5 Å². The van der Waals surface area contributed by atoms with Crippen molar-refractivity contribution in [1.82, 2.24) is 0 Å². The molecule has 1 aliphatic heterocycles. The minimum absolute atomic E-state index is 0.0316. The van der Waals surface area contributed by atoms with E-state index in [9.17, 15) is 10.1 Å². The summed E-state index contributed by atoms with van der Waals surface area (Å²) in [4.78, 5) is 14.1. The fourth-order valence-electron chi connectivity index (χ4n) is 2.54. The summed E-state index contributed by atoms with van der Waals surface area (Å²) in [7, 11) is 1.59. The molecule has 118 valence electrons. The van der Waals surface area contributed by atoms with Crippen LogP contribution < -0.4 is 15.3 Å². The maximum atomic E-state index is 12.2. The molecule has 0 amide bonds. The maximum Gasteiger partial charge on any atom is 0.356 e. The molecule has 0 radical (unpaired) electrons. The van der Waals surface area contributed by atoms with Crippen molar-refractivity contribution in [3.05, 3.63) is 46.3 Å². The van der Waals surface area contributed by atoms with Gasteiger partial charge < -0.3 is 18.8 Å². The molecule has 0 N–H and O–H groups in total. The van der Waals surface area contributed by atoms with Crippen LogP contribution >= 0.6 is 0 Å². The van der Waals surface area contributed by atoms with E-state index < -0.39 is 5.63 Å². The third-order valence-electron chi connectivity index (χ3n) is 3.77. The fraction of sp³-hybridized carbons (Fsp3) is 0.294. The molecule has 1 fully saturated rings. The molecule has 2 aromatic rings. The van der Waals surface area contributed by atoms with Crippen LogP contribution in [-0.2, 0) is 4.74 Å². The molecule has 1 aromatic heterocycles. The zero-order valence-corrected chi connectivity index (χ0v) is 12.7. The van der Waals surface area contributed by atoms with Gasteiger partial charge in [-0.25, -0.2) is 4.79 Å². The second kappa shape index (κ2) is 6.55. The normalized spacial score (nSPS) is 14.3. The first-order valence-corrected chi connectivity index (χ1v) is 7.28. The molecule has 0 saturated carbocycles. The Bertz CT molecular complexity index is 784. The lowest BCUT2D eigenvalue weighted by molar-refractivity contribution is 0.122. The smallest absolute Gasteiger partial charge is 0.356 e. The first-order chi connectivity index (χ1) is 11.2. The summed E-state index contributed by atoms with van der Waals surface area (Å²) in [6.07, 6.45) is 0. The zero-order valence-electron chi connectivity index (χ0n) is 12.7. The lowest BCUT2D eigenvalue weighted by Crippen LogP contribution is -2.37. The molecule has 1 aromatic carbocycles. The van der Waals surface area contributed by atoms with Crippen LogP contribution in [0.3, 0.4) is 0 Å². The van der Waals surface area contributed by atoms with Crippen LogP contribution in [0.4, 0.5) is 5.69 Å². The molecule has 23 heavy (non-hydrogen) atoms. The van der Waals surface area contributed by atoms with Crippen molar-refractivity contribution in [3.8, 4) is 23.1 Å². The van der Waals surface area contributed by atoms with Crippen LogP contribution in [0.25, 0.3) is 11.3 Å². The maximum absolute atomic E-state index is 12.2. The van der Waals surface area contributed by atoms with Gasteiger partial charge in [0.05, 0.1) is 26.0 Å². The predicted octanol–water partition coefficient (Wildman–Crippen LogP) is 2.02. The van der Waals surface area contributed by atoms with Gasteiger partial charge in [-0.1, -0.05) is 0 Å². The fourth-order valence-corrected chi connectivity index (χ4v) is 2.54. The summed E-state index contributed by atoms with van der Waals surface area (Å²) in [5, 5.41) is 9.28. The van der Waals surface area contributed by atoms with Gasteiger partial charge in [-0.05, 0) is 24.3 Å². The highest BCUT2D eigenvalue weighted by Gasteiger charge is 2.20. The predicted molar refractivity (Wildman–Crippen MR) is 84.7 cm³/mol. The molecule has 0 bridgehead atoms. The zero-order chi connectivity index (χ0) is 16.2. The van der Waals surface area contributed by atoms with Crippen molar-refractivity contribution in [2.24, 2.45) is 0 Å². The molecule has 1 aliphatic rings. The topological polar surface area (TPSA) is 75.7 Å². The van der Waals surface area contributed by atoms with Crippen LogP contribution in [-0.4, -0.2) is 33.4 Å². The highest BCUT2D eigenvalue weighted by atomic mass is 16.5. The Kier molecular flexibility index (Phi) is 4.31. The summed E-state index contributed by atoms with van der Waals surface area (Å²) in [6.45, 7) is 2.42. The van der Waals surface area contributed by atoms with Gasteiger partial charge in [-0.15, -0.1) is 0 Å². The SMILES string of the molecule is COc1ccc(-c2cc(N3CCOCC3)c(C#N)c(=O)o2)cc1. The number of morpholine rings is 1. The number of ether oxygens (including phenoxy) is 2. The number of benzene rings is 1. The minimum Gasteiger partial charge on any atom is -0.497 e. The molecule has 6 nitrogen and oxygen atoms in total. The third kappa shape index (κ3) is 3.05. The van der Waals surface area contributed by atoms with Crippen molar-refractivity contribution in [3.63, 3.8) is 0 Å². The molecule has 0 atom stereocenters. The third-order valence-corrected chi connectivity index (χ3v) is 3.77. The molecule has 0 unspecified atom stereocenters. The van der Waals surface area contributed by atoms with E-state index in [-0.39, 0.29) is 5.56 Å². The Hall–Kier alpha value is -2.78. The number of anilines is 1. The van der Waals surface area contributed by atoms with Crippen molar-refractivity contribution in [2.45, 2.75) is 0 Å². The van der Waals surface area contributed by atoms with E-state index in [1.165, 1.54) is 0 Å². The van der Waals surface area contributed by atoms with Gasteiger partial charge in [0, 0.05) is 24.7 Å². The van der Waals surface area contributed by atoms with Crippen LogP contribution in [0.1, 0.15) is 5.56 Å². The van der Waals surface area contributed by atoms with Gasteiger partial charge in [-0.2, -0.15) is 5.26 Å². The summed E-state index contributed by atoms with van der Waals surface area (Å²) in [5.74, 6) is 1.15. The number of hydrogen-bond donors (Lipinski definition) is 0. The second-order valence-corrected chi connectivity index (χ2v) is 5.10. The summed E-state index contributed by atoms with van der Waals surface area (Å²) in [6, 6.07) is 10.9. The van der Waals surface area contributed by atoms with E-state index in [0.717, 1.165) is 11.3 Å². The largest absolute Gasteiger partial charge is 0.497 e. The van der Waals surface area contributed by atoms with E-state index in [1.807, 2.05) is 23.1 Å². The van der Waals surface area contributed by atoms with Crippen molar-refractivity contribution < 1.29 is 13.9 Å². The highest BCUT2D eigenvalue weighted by Crippen LogP contribution is 2.27. The molecule has 6 heteroatoms. The van der Waals surface area contributed by atoms with Crippen LogP contribution in [0.5, 0.6) is 5.75 Å². The molecule has 3 rings (SSSR count). The Labute approximate surface area is 133 Å². The Morgan fingerprint density at radius 1 is 1.22 bits per heavy atom. The molecule has 0 aliphatic carbocycles. The first kappa shape index (κ1) is 15.1. The number of hydrogen-bond acceptors (Lipinski definition) is 6. The second-order valence-electron chi connectivity index (χ2n) is 5.10. The van der Waals surface area contributed by atoms with Gasteiger partial charge in [0.1, 0.15) is 17.6 Å². The van der Waals surface area contributed by atoms with E-state index in [2.05, 4.69) is 0 Å². The molecular weight excluding hydrogens is 296 g/mol. The van der Waals surface area contributed by atoms with Gasteiger partial charge in [0.25, 0.3) is 0 Å². The molecule has 2 heterocycles. The van der Waals surface area contributed by atoms with Crippen molar-refractivity contribution >= 4 is 5.69 Å². The molecule has 0 spiro atoms. The molecular formula is C17H16N2O4. The number of rotatable bonds is 3. The monoisotopic (exact) mass is 312 g/mol. The lowest BCUT2D eigenvalue weighted by Gasteiger charge is -2.29. The summed E-state index contributed by atoms with van der Waals surface area (Å²) < 4.78 is 15.8. The van der Waals surface area contributed by atoms with Crippen molar-refractivity contribution in [1.29, 1.82) is 5.26 Å². The van der Waals surface area contributed by atoms with E-state index >= 15 is 0 Å². The van der Waals surface area contributed by atoms with Gasteiger partial charge in [0.2, 0.25) is 0 Å². The van der Waals surface area contributed by atoms with Gasteiger partial charge in [0.15, 0.2) is 5.56 Å². The number of methoxy groups -OCH3 is 1. The summed E-state index contributed by atoms with van der Waals surface area (Å²) in [5.41, 5.74) is 0.756. The minimum atomic E-state index is -0.623. The first-order valence-electron chi connectivity index (χ1n) is 7.28. The Morgan fingerprint density at radius 2 is 1.91 bits per heavy atom. The Balaban J connectivity index is 2.06. The molecule has 1 saturated heterocycles. The number of nitriles is 1. The Morgan fingerprint density at radius 3 is 2.52 bits per heavy atom. The standard InChI is InChI=1S/C17H16N2O4/c1-21-13-4-2-12(3-5-13)16-10-15(14(11-18)17(20)23-16)19-6-8-22-9-7-19/h2-5,10H,6-9H2,1H3. The van der Waals surface area contributed by atoms with Gasteiger partial charge in [-0.3, -0.25) is 0 Å². The lowest BCUT2D eigenvalue weighted by atomic mass is 10.1. The van der Waals surface area contributed by atoms with E-state index in [4.69, 9.17) is 13.9 Å². The highest BCUT2D eigenvalue weighted by molar-refractivity contribution is 5.67. The van der Waals surface area contributed by atoms with Crippen LogP contribution in [0.2, 0.25) is 0 Å². The average molecular weight is 312 g/mol. The number of nitrogens with zero attached hydrogens (tertiary/aromatic N) is 2. The quantitative estimate of drug-likeness (QED) is 0.863. The van der Waals surface area contributed by atoms with Gasteiger partial charge >= 0.3 is 5.63 Å². The van der Waals surface area contributed by atoms with Crippen molar-refractivity contribution in [2.75, 3.05) is 38.3 Å². The summed E-state index contributed by atoms with van der Waals surface area (Å²) >= 11 is 0. The van der Waals surface area contributed by atoms with E-state index in [1.54, 1.807) is 25.3 Å². The van der Waals surface area contributed by atoms with Crippen LogP contribution in [0, 0.1) is 11.3 Å².